The van der Waals surface area contributed by atoms with E-state index in [0.717, 1.165) is 16.2 Å². The summed E-state index contributed by atoms with van der Waals surface area (Å²) in [5.74, 6) is 0.830. The Labute approximate surface area is 176 Å². The molecule has 1 saturated heterocycles. The Kier molecular flexibility index (Phi) is 7.52. The number of benzene rings is 1. The highest BCUT2D eigenvalue weighted by Crippen LogP contribution is 2.26. The Balaban J connectivity index is 1.70. The van der Waals surface area contributed by atoms with Gasteiger partial charge in [0, 0.05) is 36.0 Å². The number of carbonyl (C=O) groups is 2. The smallest absolute Gasteiger partial charge is 0.409 e. The number of ether oxygens (including phenoxy) is 2. The molecule has 0 atom stereocenters. The fraction of sp³-hybridized carbons (Fsp3) is 0.455. The third-order valence-corrected chi connectivity index (χ3v) is 6.02. The van der Waals surface area contributed by atoms with Gasteiger partial charge in [0.05, 0.1) is 20.3 Å². The van der Waals surface area contributed by atoms with Crippen molar-refractivity contribution in [2.24, 2.45) is 5.92 Å². The van der Waals surface area contributed by atoms with E-state index in [2.05, 4.69) is 6.07 Å². The van der Waals surface area contributed by atoms with Crippen molar-refractivity contribution in [1.29, 1.82) is 0 Å². The summed E-state index contributed by atoms with van der Waals surface area (Å²) in [6.07, 6.45) is 1.03. The molecule has 3 rings (SSSR count). The first-order chi connectivity index (χ1) is 14.1. The molecule has 1 aromatic heterocycles. The quantitative estimate of drug-likeness (QED) is 0.680. The van der Waals surface area contributed by atoms with Crippen LogP contribution in [-0.2, 0) is 22.6 Å². The number of amides is 2. The monoisotopic (exact) mass is 416 g/mol. The first-order valence-electron chi connectivity index (χ1n) is 9.97. The van der Waals surface area contributed by atoms with Gasteiger partial charge in [-0.2, -0.15) is 0 Å². The van der Waals surface area contributed by atoms with Gasteiger partial charge in [-0.25, -0.2) is 4.79 Å². The predicted molar refractivity (Wildman–Crippen MR) is 113 cm³/mol. The van der Waals surface area contributed by atoms with Crippen LogP contribution < -0.4 is 4.74 Å². The van der Waals surface area contributed by atoms with Crippen LogP contribution in [0.1, 0.15) is 30.2 Å². The molecule has 0 unspecified atom stereocenters. The molecule has 156 valence electrons. The molecule has 2 aromatic rings. The molecule has 0 N–H and O–H groups in total. The maximum Gasteiger partial charge on any atom is 0.409 e. The van der Waals surface area contributed by atoms with Gasteiger partial charge in [0.15, 0.2) is 0 Å². The van der Waals surface area contributed by atoms with Gasteiger partial charge in [0.2, 0.25) is 5.91 Å². The Morgan fingerprint density at radius 1 is 1.14 bits per heavy atom. The lowest BCUT2D eigenvalue weighted by molar-refractivity contribution is -0.138. The third-order valence-electron chi connectivity index (χ3n) is 5.16. The van der Waals surface area contributed by atoms with Crippen LogP contribution in [0.3, 0.4) is 0 Å². The minimum absolute atomic E-state index is 0.0876. The number of thiophene rings is 1. The number of para-hydroxylation sites is 1. The summed E-state index contributed by atoms with van der Waals surface area (Å²) in [6.45, 7) is 4.35. The highest BCUT2D eigenvalue weighted by atomic mass is 32.1. The number of rotatable bonds is 7. The van der Waals surface area contributed by atoms with Crippen LogP contribution in [0.5, 0.6) is 5.75 Å². The van der Waals surface area contributed by atoms with Crippen LogP contribution in [0.4, 0.5) is 4.79 Å². The summed E-state index contributed by atoms with van der Waals surface area (Å²) in [5, 5.41) is 2.03. The SMILES string of the molecule is CCOC(=O)N1CCC(C(=O)N(Cc2cccs2)Cc2ccccc2OC)CC1. The van der Waals surface area contributed by atoms with Gasteiger partial charge in [-0.1, -0.05) is 24.3 Å². The van der Waals surface area contributed by atoms with Crippen molar-refractivity contribution in [2.45, 2.75) is 32.9 Å². The van der Waals surface area contributed by atoms with E-state index in [-0.39, 0.29) is 17.9 Å². The van der Waals surface area contributed by atoms with Gasteiger partial charge < -0.3 is 19.3 Å². The van der Waals surface area contributed by atoms with E-state index >= 15 is 0 Å². The molecular formula is C22H28N2O4S. The predicted octanol–water partition coefficient (Wildman–Crippen LogP) is 4.15. The summed E-state index contributed by atoms with van der Waals surface area (Å²) < 4.78 is 10.6. The number of hydrogen-bond donors (Lipinski definition) is 0. The van der Waals surface area contributed by atoms with Crippen LogP contribution in [0.25, 0.3) is 0 Å². The zero-order chi connectivity index (χ0) is 20.6. The molecule has 29 heavy (non-hydrogen) atoms. The number of nitrogens with zero attached hydrogens (tertiary/aromatic N) is 2. The second kappa shape index (κ2) is 10.3. The molecule has 1 fully saturated rings. The van der Waals surface area contributed by atoms with Crippen molar-refractivity contribution in [1.82, 2.24) is 9.80 Å². The average molecular weight is 417 g/mol. The summed E-state index contributed by atoms with van der Waals surface area (Å²) in [5.41, 5.74) is 0.990. The number of likely N-dealkylation sites (tertiary alicyclic amines) is 1. The Morgan fingerprint density at radius 3 is 2.55 bits per heavy atom. The topological polar surface area (TPSA) is 59.1 Å². The van der Waals surface area contributed by atoms with Gasteiger partial charge in [0.1, 0.15) is 5.75 Å². The average Bonchev–Trinajstić information content (AvgIpc) is 3.26. The van der Waals surface area contributed by atoms with Crippen molar-refractivity contribution >= 4 is 23.3 Å². The van der Waals surface area contributed by atoms with Crippen molar-refractivity contribution < 1.29 is 19.1 Å². The first kappa shape index (κ1) is 21.2. The molecule has 7 heteroatoms. The molecule has 0 radical (unpaired) electrons. The zero-order valence-corrected chi connectivity index (χ0v) is 17.8. The van der Waals surface area contributed by atoms with E-state index in [1.807, 2.05) is 40.6 Å². The second-order valence-electron chi connectivity index (χ2n) is 7.05. The van der Waals surface area contributed by atoms with Crippen molar-refractivity contribution in [2.75, 3.05) is 26.8 Å². The minimum Gasteiger partial charge on any atom is -0.496 e. The molecular weight excluding hydrogens is 388 g/mol. The maximum atomic E-state index is 13.4. The van der Waals surface area contributed by atoms with Gasteiger partial charge in [-0.3, -0.25) is 4.79 Å². The van der Waals surface area contributed by atoms with Crippen molar-refractivity contribution in [3.63, 3.8) is 0 Å². The van der Waals surface area contributed by atoms with E-state index in [9.17, 15) is 9.59 Å². The Hall–Kier alpha value is -2.54. The lowest BCUT2D eigenvalue weighted by atomic mass is 9.95. The van der Waals surface area contributed by atoms with Gasteiger partial charge in [-0.05, 0) is 37.3 Å². The maximum absolute atomic E-state index is 13.4. The van der Waals surface area contributed by atoms with Crippen molar-refractivity contribution in [3.05, 3.63) is 52.2 Å². The molecule has 2 amide bonds. The lowest BCUT2D eigenvalue weighted by Crippen LogP contribution is -2.44. The van der Waals surface area contributed by atoms with E-state index < -0.39 is 0 Å². The van der Waals surface area contributed by atoms with Crippen LogP contribution in [0.15, 0.2) is 41.8 Å². The minimum atomic E-state index is -0.289. The van der Waals surface area contributed by atoms with Gasteiger partial charge >= 0.3 is 6.09 Å². The molecule has 1 aliphatic heterocycles. The van der Waals surface area contributed by atoms with Crippen LogP contribution in [0, 0.1) is 5.92 Å². The normalized spacial score (nSPS) is 14.5. The summed E-state index contributed by atoms with van der Waals surface area (Å²) in [7, 11) is 1.65. The standard InChI is InChI=1S/C22H28N2O4S/c1-3-28-22(26)23-12-10-17(11-13-23)21(25)24(16-19-8-6-14-29-19)15-18-7-4-5-9-20(18)27-2/h4-9,14,17H,3,10-13,15-16H2,1-2H3. The molecule has 0 spiro atoms. The number of piperidine rings is 1. The van der Waals surface area contributed by atoms with E-state index in [4.69, 9.17) is 9.47 Å². The van der Waals surface area contributed by atoms with Crippen LogP contribution in [-0.4, -0.2) is 48.6 Å². The highest BCUT2D eigenvalue weighted by molar-refractivity contribution is 7.09. The third kappa shape index (κ3) is 5.50. The Bertz CT molecular complexity index is 801. The number of methoxy groups -OCH3 is 1. The van der Waals surface area contributed by atoms with Gasteiger partial charge in [-0.15, -0.1) is 11.3 Å². The fourth-order valence-corrected chi connectivity index (χ4v) is 4.34. The van der Waals surface area contributed by atoms with Crippen LogP contribution >= 0.6 is 11.3 Å². The van der Waals surface area contributed by atoms with E-state index in [1.165, 1.54) is 0 Å². The molecule has 1 aromatic carbocycles. The lowest BCUT2D eigenvalue weighted by Gasteiger charge is -2.34. The molecule has 2 heterocycles. The number of carbonyl (C=O) groups excluding carboxylic acids is 2. The van der Waals surface area contributed by atoms with E-state index in [1.54, 1.807) is 30.3 Å². The van der Waals surface area contributed by atoms with Crippen molar-refractivity contribution in [3.8, 4) is 5.75 Å². The van der Waals surface area contributed by atoms with E-state index in [0.29, 0.717) is 45.6 Å². The molecule has 0 saturated carbocycles. The fourth-order valence-electron chi connectivity index (χ4n) is 3.62. The largest absolute Gasteiger partial charge is 0.496 e. The summed E-state index contributed by atoms with van der Waals surface area (Å²) in [4.78, 5) is 30.1. The molecule has 0 aliphatic carbocycles. The highest BCUT2D eigenvalue weighted by Gasteiger charge is 2.31. The van der Waals surface area contributed by atoms with Gasteiger partial charge in [0.25, 0.3) is 0 Å². The summed E-state index contributed by atoms with van der Waals surface area (Å²) >= 11 is 1.65. The first-order valence-corrected chi connectivity index (χ1v) is 10.8. The zero-order valence-electron chi connectivity index (χ0n) is 17.0. The molecule has 0 bridgehead atoms. The summed E-state index contributed by atoms with van der Waals surface area (Å²) in [6, 6.07) is 11.9. The molecule has 1 aliphatic rings. The Morgan fingerprint density at radius 2 is 1.90 bits per heavy atom. The molecule has 6 nitrogen and oxygen atoms in total. The van der Waals surface area contributed by atoms with Crippen LogP contribution in [0.2, 0.25) is 0 Å². The number of hydrogen-bond acceptors (Lipinski definition) is 5. The second-order valence-corrected chi connectivity index (χ2v) is 8.08.